The summed E-state index contributed by atoms with van der Waals surface area (Å²) in [6.45, 7) is 9.52. The third-order valence-electron chi connectivity index (χ3n) is 5.12. The second-order valence-corrected chi connectivity index (χ2v) is 11.7. The summed E-state index contributed by atoms with van der Waals surface area (Å²) in [6.07, 6.45) is 8.91. The minimum Gasteiger partial charge on any atom is -0.380 e. The zero-order valence-corrected chi connectivity index (χ0v) is 17.3. The Morgan fingerprint density at radius 1 is 1.04 bits per heavy atom. The van der Waals surface area contributed by atoms with Gasteiger partial charge in [0.15, 0.2) is 0 Å². The SMILES string of the molecule is C[SiH](C)CC(C)(C)NC1=CC(c2ccccc2)=c2cc3c(cc21)=CC=C3. The maximum Gasteiger partial charge on any atom is 0.0430 e. The molecule has 0 heterocycles. The average molecular weight is 358 g/mol. The molecule has 1 N–H and O–H groups in total. The van der Waals surface area contributed by atoms with Crippen LogP contribution in [0.5, 0.6) is 0 Å². The van der Waals surface area contributed by atoms with Gasteiger partial charge in [0.25, 0.3) is 0 Å². The lowest BCUT2D eigenvalue weighted by molar-refractivity contribution is 0.497. The Labute approximate surface area is 158 Å². The van der Waals surface area contributed by atoms with E-state index in [9.17, 15) is 0 Å². The number of hydrogen-bond acceptors (Lipinski definition) is 1. The first-order valence-corrected chi connectivity index (χ1v) is 12.7. The van der Waals surface area contributed by atoms with Crippen LogP contribution in [0.25, 0.3) is 23.4 Å². The summed E-state index contributed by atoms with van der Waals surface area (Å²) in [5.41, 5.74) is 6.65. The normalized spacial score (nSPS) is 15.0. The molecule has 0 saturated heterocycles. The molecule has 0 fully saturated rings. The molecule has 2 aliphatic carbocycles. The zero-order chi connectivity index (χ0) is 18.3. The predicted molar refractivity (Wildman–Crippen MR) is 117 cm³/mol. The van der Waals surface area contributed by atoms with Gasteiger partial charge in [-0.2, -0.15) is 0 Å². The predicted octanol–water partition coefficient (Wildman–Crippen LogP) is 3.90. The van der Waals surface area contributed by atoms with Crippen molar-refractivity contribution in [3.63, 3.8) is 0 Å². The third-order valence-corrected chi connectivity index (χ3v) is 6.96. The summed E-state index contributed by atoms with van der Waals surface area (Å²) in [5.74, 6) is 0. The van der Waals surface area contributed by atoms with Gasteiger partial charge in [0.2, 0.25) is 0 Å². The van der Waals surface area contributed by atoms with E-state index in [2.05, 4.69) is 99.0 Å². The second kappa shape index (κ2) is 6.44. The molecule has 1 nitrogen and oxygen atoms in total. The highest BCUT2D eigenvalue weighted by Crippen LogP contribution is 2.27. The van der Waals surface area contributed by atoms with Crippen LogP contribution in [-0.2, 0) is 0 Å². The summed E-state index contributed by atoms with van der Waals surface area (Å²) in [6, 6.07) is 16.7. The Bertz CT molecular complexity index is 1020. The van der Waals surface area contributed by atoms with Crippen molar-refractivity contribution in [3.05, 3.63) is 81.7 Å². The van der Waals surface area contributed by atoms with Crippen LogP contribution in [0.4, 0.5) is 0 Å². The van der Waals surface area contributed by atoms with Crippen molar-refractivity contribution in [3.8, 4) is 0 Å². The number of fused-ring (bicyclic) bond motifs is 2. The maximum absolute atomic E-state index is 3.87. The van der Waals surface area contributed by atoms with Crippen molar-refractivity contribution < 1.29 is 0 Å². The molecule has 2 aliphatic rings. The highest BCUT2D eigenvalue weighted by molar-refractivity contribution is 6.56. The number of hydrogen-bond donors (Lipinski definition) is 1. The minimum absolute atomic E-state index is 0.122. The molecule has 0 atom stereocenters. The van der Waals surface area contributed by atoms with E-state index in [0.29, 0.717) is 0 Å². The average Bonchev–Trinajstić information content (AvgIpc) is 3.17. The van der Waals surface area contributed by atoms with E-state index in [1.807, 2.05) is 0 Å². The van der Waals surface area contributed by atoms with Crippen LogP contribution in [0.1, 0.15) is 30.5 Å². The quantitative estimate of drug-likeness (QED) is 0.800. The standard InChI is InChI=1S/C24H27NSi/c1-24(2,16-26(3)4)25-23-15-20(17-9-6-5-7-10-17)21-13-18-11-8-12-19(18)14-22(21)23/h5-15,25-26H,16H2,1-4H3. The molecular weight excluding hydrogens is 330 g/mol. The van der Waals surface area contributed by atoms with Crippen molar-refractivity contribution in [2.45, 2.75) is 38.5 Å². The monoisotopic (exact) mass is 357 g/mol. The fourth-order valence-electron chi connectivity index (χ4n) is 4.32. The van der Waals surface area contributed by atoms with E-state index in [-0.39, 0.29) is 5.54 Å². The first-order valence-electron chi connectivity index (χ1n) is 9.55. The van der Waals surface area contributed by atoms with Crippen molar-refractivity contribution >= 4 is 32.2 Å². The lowest BCUT2D eigenvalue weighted by Crippen LogP contribution is -2.40. The van der Waals surface area contributed by atoms with Gasteiger partial charge in [-0.1, -0.05) is 61.7 Å². The smallest absolute Gasteiger partial charge is 0.0430 e. The Morgan fingerprint density at radius 3 is 2.54 bits per heavy atom. The van der Waals surface area contributed by atoms with Crippen LogP contribution in [0.15, 0.2) is 54.6 Å². The zero-order valence-electron chi connectivity index (χ0n) is 16.1. The maximum atomic E-state index is 3.87. The Hall–Kier alpha value is -2.32. The molecule has 2 aromatic carbocycles. The summed E-state index contributed by atoms with van der Waals surface area (Å²) in [4.78, 5) is 0. The summed E-state index contributed by atoms with van der Waals surface area (Å²) in [5, 5.41) is 6.54. The molecule has 2 heteroatoms. The topological polar surface area (TPSA) is 12.0 Å². The van der Waals surface area contributed by atoms with Gasteiger partial charge in [0.05, 0.1) is 0 Å². The van der Waals surface area contributed by atoms with Crippen LogP contribution < -0.4 is 15.8 Å². The largest absolute Gasteiger partial charge is 0.380 e. The molecule has 0 aromatic heterocycles. The fourth-order valence-corrected chi connectivity index (χ4v) is 6.46. The molecule has 0 saturated carbocycles. The lowest BCUT2D eigenvalue weighted by Gasteiger charge is -2.30. The van der Waals surface area contributed by atoms with Crippen molar-refractivity contribution in [1.29, 1.82) is 0 Å². The van der Waals surface area contributed by atoms with Gasteiger partial charge in [0.1, 0.15) is 0 Å². The molecule has 0 amide bonds. The van der Waals surface area contributed by atoms with Gasteiger partial charge < -0.3 is 5.32 Å². The van der Waals surface area contributed by atoms with Crippen LogP contribution in [0, 0.1) is 0 Å². The molecular formula is C24H27NSi. The molecule has 26 heavy (non-hydrogen) atoms. The third kappa shape index (κ3) is 3.22. The molecule has 0 aliphatic heterocycles. The van der Waals surface area contributed by atoms with Crippen LogP contribution in [0.2, 0.25) is 19.1 Å². The minimum atomic E-state index is -0.644. The van der Waals surface area contributed by atoms with Gasteiger partial charge in [-0.25, -0.2) is 0 Å². The van der Waals surface area contributed by atoms with E-state index in [1.165, 1.54) is 44.4 Å². The van der Waals surface area contributed by atoms with Gasteiger partial charge in [-0.3, -0.25) is 0 Å². The number of benzene rings is 2. The van der Waals surface area contributed by atoms with Crippen molar-refractivity contribution in [2.24, 2.45) is 0 Å². The Kier molecular flexibility index (Phi) is 4.24. The molecule has 0 unspecified atom stereocenters. The highest BCUT2D eigenvalue weighted by Gasteiger charge is 2.24. The van der Waals surface area contributed by atoms with E-state index in [1.54, 1.807) is 0 Å². The van der Waals surface area contributed by atoms with E-state index in [4.69, 9.17) is 0 Å². The van der Waals surface area contributed by atoms with Gasteiger partial charge >= 0.3 is 0 Å². The molecule has 4 rings (SSSR count). The number of nitrogens with one attached hydrogen (secondary N) is 1. The summed E-state index contributed by atoms with van der Waals surface area (Å²) < 4.78 is 0. The number of allylic oxidation sites excluding steroid dienone is 2. The van der Waals surface area contributed by atoms with Crippen molar-refractivity contribution in [1.82, 2.24) is 5.32 Å². The number of rotatable bonds is 5. The van der Waals surface area contributed by atoms with Crippen LogP contribution in [-0.4, -0.2) is 14.3 Å². The summed E-state index contributed by atoms with van der Waals surface area (Å²) in [7, 11) is -0.644. The van der Waals surface area contributed by atoms with Gasteiger partial charge in [-0.15, -0.1) is 0 Å². The molecule has 132 valence electrons. The Morgan fingerprint density at radius 2 is 1.81 bits per heavy atom. The lowest BCUT2D eigenvalue weighted by atomic mass is 10.0. The van der Waals surface area contributed by atoms with Gasteiger partial charge in [0, 0.05) is 25.6 Å². The van der Waals surface area contributed by atoms with Crippen LogP contribution in [0.3, 0.4) is 0 Å². The van der Waals surface area contributed by atoms with Gasteiger partial charge in [-0.05, 0) is 65.2 Å². The highest BCUT2D eigenvalue weighted by atomic mass is 28.3. The molecule has 2 aromatic rings. The Balaban J connectivity index is 1.83. The second-order valence-electron chi connectivity index (χ2n) is 8.50. The van der Waals surface area contributed by atoms with E-state index < -0.39 is 8.80 Å². The molecule has 0 spiro atoms. The first-order chi connectivity index (χ1) is 12.4. The summed E-state index contributed by atoms with van der Waals surface area (Å²) >= 11 is 0. The van der Waals surface area contributed by atoms with E-state index >= 15 is 0 Å². The van der Waals surface area contributed by atoms with Crippen LogP contribution >= 0.6 is 0 Å². The molecule has 0 bridgehead atoms. The fraction of sp³-hybridized carbons (Fsp3) is 0.250. The first kappa shape index (κ1) is 17.1. The van der Waals surface area contributed by atoms with E-state index in [0.717, 1.165) is 0 Å². The molecule has 0 radical (unpaired) electrons. The van der Waals surface area contributed by atoms with Crippen molar-refractivity contribution in [2.75, 3.05) is 0 Å².